The maximum atomic E-state index is 12.5. The van der Waals surface area contributed by atoms with Gasteiger partial charge in [-0.25, -0.2) is 0 Å². The van der Waals surface area contributed by atoms with Gasteiger partial charge >= 0.3 is 5.97 Å². The second-order valence-corrected chi connectivity index (χ2v) is 10.6. The molecule has 33 heavy (non-hydrogen) atoms. The number of nitrogens with zero attached hydrogens (tertiary/aromatic N) is 2. The van der Waals surface area contributed by atoms with Crippen molar-refractivity contribution in [3.8, 4) is 5.75 Å². The molecule has 0 amide bonds. The minimum Gasteiger partial charge on any atom is -0.497 e. The van der Waals surface area contributed by atoms with Crippen LogP contribution in [0.3, 0.4) is 0 Å². The van der Waals surface area contributed by atoms with Gasteiger partial charge in [0.25, 0.3) is 0 Å². The number of rotatable bonds is 10. The molecular weight excluding hydrogens is 436 g/mol. The molecule has 0 aliphatic rings. The smallest absolute Gasteiger partial charge is 0.318 e. The number of carboxylic acids is 1. The molecule has 6 nitrogen and oxygen atoms in total. The van der Waals surface area contributed by atoms with Gasteiger partial charge in [0.2, 0.25) is 0 Å². The summed E-state index contributed by atoms with van der Waals surface area (Å²) in [4.78, 5) is 25.2. The van der Waals surface area contributed by atoms with E-state index < -0.39 is 11.4 Å². The highest BCUT2D eigenvalue weighted by Gasteiger charge is 2.37. The van der Waals surface area contributed by atoms with Crippen LogP contribution in [0.1, 0.15) is 37.5 Å². The van der Waals surface area contributed by atoms with Crippen LogP contribution in [0.4, 0.5) is 0 Å². The van der Waals surface area contributed by atoms with Gasteiger partial charge < -0.3 is 14.7 Å². The summed E-state index contributed by atoms with van der Waals surface area (Å²) >= 11 is 1.04. The number of hydrogen-bond donors (Lipinski definition) is 1. The van der Waals surface area contributed by atoms with Crippen LogP contribution >= 0.6 is 11.9 Å². The fraction of sp³-hybridized carbons (Fsp3) is 0.346. The third kappa shape index (κ3) is 5.54. The predicted molar refractivity (Wildman–Crippen MR) is 135 cm³/mol. The van der Waals surface area contributed by atoms with Crippen molar-refractivity contribution in [2.75, 3.05) is 20.7 Å². The largest absolute Gasteiger partial charge is 0.497 e. The maximum absolute atomic E-state index is 12.5. The number of hydrogen-bond acceptors (Lipinski definition) is 6. The van der Waals surface area contributed by atoms with E-state index in [9.17, 15) is 14.8 Å². The zero-order valence-electron chi connectivity index (χ0n) is 19.7. The van der Waals surface area contributed by atoms with Gasteiger partial charge in [0.05, 0.1) is 7.11 Å². The number of aliphatic carboxylic acids is 1. The minimum absolute atomic E-state index is 0.279. The average molecular weight is 467 g/mol. The minimum atomic E-state index is -1.19. The summed E-state index contributed by atoms with van der Waals surface area (Å²) in [6.45, 7) is 7.09. The molecule has 0 saturated carbocycles. The number of carbonyl (C=O) groups is 1. The average Bonchev–Trinajstić information content (AvgIpc) is 2.77. The normalized spacial score (nSPS) is 13.6. The summed E-state index contributed by atoms with van der Waals surface area (Å²) in [6.07, 6.45) is 0. The Morgan fingerprint density at radius 2 is 1.61 bits per heavy atom. The fourth-order valence-electron chi connectivity index (χ4n) is 4.17. The molecule has 7 heteroatoms. The van der Waals surface area contributed by atoms with Crippen molar-refractivity contribution in [2.24, 2.45) is 4.58 Å². The molecule has 3 aromatic rings. The van der Waals surface area contributed by atoms with Crippen LogP contribution in [0, 0.1) is 4.91 Å². The molecule has 0 bridgehead atoms. The summed E-state index contributed by atoms with van der Waals surface area (Å²) in [5.41, 5.74) is 1.32. The lowest BCUT2D eigenvalue weighted by molar-refractivity contribution is -0.141. The van der Waals surface area contributed by atoms with E-state index in [1.807, 2.05) is 81.6 Å². The van der Waals surface area contributed by atoms with Gasteiger partial charge in [-0.3, -0.25) is 4.79 Å². The van der Waals surface area contributed by atoms with Gasteiger partial charge in [-0.2, -0.15) is 0 Å². The zero-order valence-corrected chi connectivity index (χ0v) is 20.5. The maximum Gasteiger partial charge on any atom is 0.318 e. The number of carboxylic acid groups (broad SMARTS) is 1. The molecule has 174 valence electrons. The van der Waals surface area contributed by atoms with Crippen LogP contribution in [0.2, 0.25) is 0 Å². The molecule has 0 unspecified atom stereocenters. The van der Waals surface area contributed by atoms with Crippen LogP contribution in [-0.2, 0) is 16.8 Å². The zero-order chi connectivity index (χ0) is 24.2. The summed E-state index contributed by atoms with van der Waals surface area (Å²) in [7, 11) is 3.62. The summed E-state index contributed by atoms with van der Waals surface area (Å²) in [6, 6.07) is 19.2. The van der Waals surface area contributed by atoms with E-state index in [0.717, 1.165) is 45.2 Å². The van der Waals surface area contributed by atoms with Crippen LogP contribution < -0.4 is 4.74 Å². The highest BCUT2D eigenvalue weighted by atomic mass is 32.2. The quantitative estimate of drug-likeness (QED) is 0.298. The van der Waals surface area contributed by atoms with Crippen LogP contribution in [0.15, 0.2) is 65.2 Å². The van der Waals surface area contributed by atoms with Gasteiger partial charge in [0.15, 0.2) is 0 Å². The molecular formula is C26H30N2O4S. The Kier molecular flexibility index (Phi) is 7.44. The number of nitroso groups, excluding NO2 is 1. The monoisotopic (exact) mass is 466 g/mol. The Balaban J connectivity index is 1.87. The van der Waals surface area contributed by atoms with Crippen molar-refractivity contribution < 1.29 is 14.6 Å². The SMILES string of the molecule is COc1ccc2cc([C@@](C)(C(=O)O)c3ccc(CN(C)CC(C)(C)SN=O)cc3)ccc2c1. The fourth-order valence-corrected chi connectivity index (χ4v) is 4.65. The van der Waals surface area contributed by atoms with Crippen LogP contribution in [0.5, 0.6) is 5.75 Å². The number of ether oxygens (including phenoxy) is 1. The Hall–Kier alpha value is -2.90. The topological polar surface area (TPSA) is 79.2 Å². The Morgan fingerprint density at radius 3 is 2.21 bits per heavy atom. The van der Waals surface area contributed by atoms with Crippen molar-refractivity contribution >= 4 is 28.7 Å². The van der Waals surface area contributed by atoms with Crippen LogP contribution in [0.25, 0.3) is 10.8 Å². The number of methoxy groups -OCH3 is 1. The molecule has 0 aromatic heterocycles. The molecule has 0 aliphatic carbocycles. The first kappa shape index (κ1) is 24.7. The lowest BCUT2D eigenvalue weighted by Gasteiger charge is -2.28. The number of benzene rings is 3. The molecule has 3 rings (SSSR count). The van der Waals surface area contributed by atoms with Gasteiger partial charge in [0, 0.05) is 34.4 Å². The first-order valence-electron chi connectivity index (χ1n) is 10.7. The van der Waals surface area contributed by atoms with E-state index in [1.165, 1.54) is 0 Å². The molecule has 0 fully saturated rings. The molecule has 1 N–H and O–H groups in total. The van der Waals surface area contributed by atoms with Crippen molar-refractivity contribution in [1.29, 1.82) is 0 Å². The Morgan fingerprint density at radius 1 is 1.00 bits per heavy atom. The van der Waals surface area contributed by atoms with Gasteiger partial charge in [-0.15, -0.1) is 4.91 Å². The second kappa shape index (κ2) is 9.93. The van der Waals surface area contributed by atoms with Gasteiger partial charge in [-0.1, -0.05) is 42.5 Å². The molecule has 0 heterocycles. The van der Waals surface area contributed by atoms with E-state index >= 15 is 0 Å². The Labute approximate surface area is 199 Å². The lowest BCUT2D eigenvalue weighted by Crippen LogP contribution is -2.34. The molecule has 0 saturated heterocycles. The molecule has 0 spiro atoms. The lowest BCUT2D eigenvalue weighted by atomic mass is 9.75. The van der Waals surface area contributed by atoms with Crippen molar-refractivity contribution in [3.63, 3.8) is 0 Å². The molecule has 0 aliphatic heterocycles. The first-order valence-corrected chi connectivity index (χ1v) is 11.5. The molecule has 0 radical (unpaired) electrons. The van der Waals surface area contributed by atoms with E-state index in [0.29, 0.717) is 13.1 Å². The third-order valence-corrected chi connectivity index (χ3v) is 6.67. The summed E-state index contributed by atoms with van der Waals surface area (Å²) in [5, 5.41) is 12.2. The standard InChI is InChI=1S/C26H30N2O4S/c1-25(2,33-27-31)17-28(4)16-18-6-10-21(11-7-18)26(3,24(29)30)22-12-8-20-15-23(32-5)13-9-19(20)14-22/h6-15H,16-17H2,1-5H3,(H,29,30)/t26-/m0/s1. The van der Waals surface area contributed by atoms with E-state index in [4.69, 9.17) is 4.74 Å². The number of fused-ring (bicyclic) bond motifs is 1. The molecule has 1 atom stereocenters. The van der Waals surface area contributed by atoms with Crippen molar-refractivity contribution in [2.45, 2.75) is 37.5 Å². The highest BCUT2D eigenvalue weighted by molar-refractivity contribution is 7.99. The molecule has 3 aromatic carbocycles. The van der Waals surface area contributed by atoms with E-state index in [2.05, 4.69) is 9.48 Å². The predicted octanol–water partition coefficient (Wildman–Crippen LogP) is 5.86. The van der Waals surface area contributed by atoms with Crippen molar-refractivity contribution in [1.82, 2.24) is 4.90 Å². The van der Waals surface area contributed by atoms with Gasteiger partial charge in [0.1, 0.15) is 11.2 Å². The summed E-state index contributed by atoms with van der Waals surface area (Å²) in [5.74, 6) is -0.137. The highest BCUT2D eigenvalue weighted by Crippen LogP contribution is 2.35. The first-order chi connectivity index (χ1) is 15.6. The van der Waals surface area contributed by atoms with Crippen molar-refractivity contribution in [3.05, 3.63) is 82.3 Å². The summed E-state index contributed by atoms with van der Waals surface area (Å²) < 4.78 is 7.97. The Bertz CT molecular complexity index is 1150. The van der Waals surface area contributed by atoms with E-state index in [-0.39, 0.29) is 4.75 Å². The van der Waals surface area contributed by atoms with E-state index in [1.54, 1.807) is 14.0 Å². The third-order valence-electron chi connectivity index (χ3n) is 5.97. The van der Waals surface area contributed by atoms with Gasteiger partial charge in [-0.05, 0) is 73.5 Å². The van der Waals surface area contributed by atoms with Crippen LogP contribution in [-0.4, -0.2) is 41.4 Å². The second-order valence-electron chi connectivity index (χ2n) is 9.15.